The second kappa shape index (κ2) is 4.94. The van der Waals surface area contributed by atoms with Crippen molar-refractivity contribution in [3.8, 4) is 0 Å². The Hall–Kier alpha value is -1.62. The summed E-state index contributed by atoms with van der Waals surface area (Å²) in [4.78, 5) is 26.1. The highest BCUT2D eigenvalue weighted by molar-refractivity contribution is 6.33. The fraction of sp³-hybridized carbons (Fsp3) is 0.300. The molecule has 0 spiro atoms. The average Bonchev–Trinajstić information content (AvgIpc) is 2.21. The van der Waals surface area contributed by atoms with Gasteiger partial charge >= 0.3 is 5.97 Å². The lowest BCUT2D eigenvalue weighted by molar-refractivity contribution is -0.114. The van der Waals surface area contributed by atoms with Gasteiger partial charge in [0.25, 0.3) is 0 Å². The Morgan fingerprint density at radius 3 is 2.62 bits per heavy atom. The maximum absolute atomic E-state index is 11.3. The van der Waals surface area contributed by atoms with Crippen LogP contribution in [0, 0.1) is 6.92 Å². The molecule has 0 aromatic carbocycles. The number of hydrogen-bond acceptors (Lipinski definition) is 4. The lowest BCUT2D eigenvalue weighted by Gasteiger charge is -2.08. The molecule has 1 amide bonds. The molecule has 0 radical (unpaired) electrons. The van der Waals surface area contributed by atoms with Gasteiger partial charge in [-0.05, 0) is 13.0 Å². The Labute approximate surface area is 97.8 Å². The summed E-state index contributed by atoms with van der Waals surface area (Å²) >= 11 is 5.84. The van der Waals surface area contributed by atoms with E-state index in [1.807, 2.05) is 0 Å². The number of anilines is 1. The molecule has 0 bridgehead atoms. The summed E-state index contributed by atoms with van der Waals surface area (Å²) in [6.45, 7) is 3.04. The van der Waals surface area contributed by atoms with E-state index >= 15 is 0 Å². The van der Waals surface area contributed by atoms with Gasteiger partial charge in [0.1, 0.15) is 0 Å². The minimum absolute atomic E-state index is 0.0377. The lowest BCUT2D eigenvalue weighted by atomic mass is 10.2. The Kier molecular flexibility index (Phi) is 3.84. The van der Waals surface area contributed by atoms with Crippen molar-refractivity contribution in [3.05, 3.63) is 22.5 Å². The van der Waals surface area contributed by atoms with Crippen molar-refractivity contribution in [2.75, 3.05) is 12.4 Å². The number of halogens is 1. The summed E-state index contributed by atoms with van der Waals surface area (Å²) in [5.74, 6) is -0.839. The fourth-order valence-electron chi connectivity index (χ4n) is 1.14. The lowest BCUT2D eigenvalue weighted by Crippen LogP contribution is -2.11. The van der Waals surface area contributed by atoms with Crippen LogP contribution < -0.4 is 5.32 Å². The minimum atomic E-state index is -0.609. The van der Waals surface area contributed by atoms with Gasteiger partial charge in [-0.1, -0.05) is 11.6 Å². The van der Waals surface area contributed by atoms with Crippen molar-refractivity contribution in [1.82, 2.24) is 4.98 Å². The van der Waals surface area contributed by atoms with Gasteiger partial charge in [0.2, 0.25) is 5.91 Å². The SMILES string of the molecule is COC(=O)c1nc(C)c(NC(C)=O)cc1Cl. The first kappa shape index (κ1) is 12.4. The van der Waals surface area contributed by atoms with Gasteiger partial charge in [-0.2, -0.15) is 0 Å². The van der Waals surface area contributed by atoms with Crippen LogP contribution in [0.4, 0.5) is 5.69 Å². The smallest absolute Gasteiger partial charge is 0.358 e. The van der Waals surface area contributed by atoms with Crippen LogP contribution in [0.15, 0.2) is 6.07 Å². The molecule has 0 atom stereocenters. The number of carbonyl (C=O) groups is 2. The summed E-state index contributed by atoms with van der Waals surface area (Å²) in [5, 5.41) is 2.70. The first-order valence-electron chi connectivity index (χ1n) is 4.48. The maximum Gasteiger partial charge on any atom is 0.358 e. The third-order valence-electron chi connectivity index (χ3n) is 1.86. The molecule has 5 nitrogen and oxygen atoms in total. The van der Waals surface area contributed by atoms with Gasteiger partial charge in [-0.15, -0.1) is 0 Å². The molecule has 1 aromatic rings. The normalized spacial score (nSPS) is 9.75. The van der Waals surface area contributed by atoms with Crippen molar-refractivity contribution in [3.63, 3.8) is 0 Å². The van der Waals surface area contributed by atoms with E-state index in [9.17, 15) is 9.59 Å². The summed E-state index contributed by atoms with van der Waals surface area (Å²) < 4.78 is 4.52. The first-order valence-corrected chi connectivity index (χ1v) is 4.86. The van der Waals surface area contributed by atoms with Crippen molar-refractivity contribution < 1.29 is 14.3 Å². The number of nitrogens with zero attached hydrogens (tertiary/aromatic N) is 1. The van der Waals surface area contributed by atoms with E-state index in [1.165, 1.54) is 20.1 Å². The number of ether oxygens (including phenoxy) is 1. The van der Waals surface area contributed by atoms with Crippen molar-refractivity contribution in [1.29, 1.82) is 0 Å². The van der Waals surface area contributed by atoms with Crippen LogP contribution in [0.2, 0.25) is 5.02 Å². The van der Waals surface area contributed by atoms with Crippen molar-refractivity contribution in [2.24, 2.45) is 0 Å². The van der Waals surface area contributed by atoms with Gasteiger partial charge < -0.3 is 10.1 Å². The van der Waals surface area contributed by atoms with Crippen LogP contribution in [-0.4, -0.2) is 24.0 Å². The molecule has 0 aliphatic rings. The number of amides is 1. The third kappa shape index (κ3) is 2.70. The second-order valence-corrected chi connectivity index (χ2v) is 3.53. The number of aryl methyl sites for hydroxylation is 1. The monoisotopic (exact) mass is 242 g/mol. The number of rotatable bonds is 2. The molecule has 1 heterocycles. The highest BCUT2D eigenvalue weighted by Gasteiger charge is 2.15. The van der Waals surface area contributed by atoms with Gasteiger partial charge in [0, 0.05) is 6.92 Å². The predicted molar refractivity (Wildman–Crippen MR) is 59.6 cm³/mol. The number of esters is 1. The molecule has 1 aromatic heterocycles. The van der Waals surface area contributed by atoms with Crippen molar-refractivity contribution >= 4 is 29.2 Å². The number of carbonyl (C=O) groups excluding carboxylic acids is 2. The van der Waals surface area contributed by atoms with Gasteiger partial charge in [0.05, 0.1) is 23.5 Å². The molecule has 0 unspecified atom stereocenters. The summed E-state index contributed by atoms with van der Waals surface area (Å²) in [7, 11) is 1.25. The zero-order chi connectivity index (χ0) is 12.3. The molecule has 86 valence electrons. The summed E-state index contributed by atoms with van der Waals surface area (Å²) in [6, 6.07) is 1.47. The van der Waals surface area contributed by atoms with Gasteiger partial charge in [-0.25, -0.2) is 9.78 Å². The quantitative estimate of drug-likeness (QED) is 0.803. The zero-order valence-electron chi connectivity index (χ0n) is 9.13. The van der Waals surface area contributed by atoms with Crippen LogP contribution in [0.3, 0.4) is 0 Å². The van der Waals surface area contributed by atoms with Crippen molar-refractivity contribution in [2.45, 2.75) is 13.8 Å². The average molecular weight is 243 g/mol. The summed E-state index contributed by atoms with van der Waals surface area (Å²) in [6.07, 6.45) is 0. The standard InChI is InChI=1S/C10H11ClN2O3/c1-5-8(13-6(2)14)4-7(11)9(12-5)10(15)16-3/h4H,1-3H3,(H,13,14). The summed E-state index contributed by atoms with van der Waals surface area (Å²) in [5.41, 5.74) is 1.01. The Balaban J connectivity index is 3.16. The molecule has 1 N–H and O–H groups in total. The molecule has 0 aliphatic carbocycles. The molecular formula is C10H11ClN2O3. The molecule has 0 aliphatic heterocycles. The van der Waals surface area contributed by atoms with E-state index in [0.29, 0.717) is 11.4 Å². The second-order valence-electron chi connectivity index (χ2n) is 3.12. The third-order valence-corrected chi connectivity index (χ3v) is 2.14. The molecule has 0 saturated heterocycles. The largest absolute Gasteiger partial charge is 0.464 e. The number of pyridine rings is 1. The Bertz CT molecular complexity index is 446. The molecule has 16 heavy (non-hydrogen) atoms. The van der Waals surface area contributed by atoms with Crippen LogP contribution in [-0.2, 0) is 9.53 Å². The van der Waals surface area contributed by atoms with Gasteiger partial charge in [0.15, 0.2) is 5.69 Å². The van der Waals surface area contributed by atoms with E-state index in [2.05, 4.69) is 15.0 Å². The van der Waals surface area contributed by atoms with Crippen LogP contribution in [0.25, 0.3) is 0 Å². The fourth-order valence-corrected chi connectivity index (χ4v) is 1.37. The maximum atomic E-state index is 11.3. The van der Waals surface area contributed by atoms with E-state index in [0.717, 1.165) is 0 Å². The van der Waals surface area contributed by atoms with E-state index in [4.69, 9.17) is 11.6 Å². The highest BCUT2D eigenvalue weighted by atomic mass is 35.5. The van der Waals surface area contributed by atoms with Gasteiger partial charge in [-0.3, -0.25) is 4.79 Å². The predicted octanol–water partition coefficient (Wildman–Crippen LogP) is 1.79. The number of nitrogens with one attached hydrogen (secondary N) is 1. The van der Waals surface area contributed by atoms with E-state index in [-0.39, 0.29) is 16.6 Å². The topological polar surface area (TPSA) is 68.3 Å². The molecule has 0 saturated carbocycles. The highest BCUT2D eigenvalue weighted by Crippen LogP contribution is 2.22. The number of aromatic nitrogens is 1. The van der Waals surface area contributed by atoms with Crippen LogP contribution in [0.1, 0.15) is 23.1 Å². The Morgan fingerprint density at radius 1 is 1.50 bits per heavy atom. The van der Waals surface area contributed by atoms with Crippen LogP contribution >= 0.6 is 11.6 Å². The number of methoxy groups -OCH3 is 1. The van der Waals surface area contributed by atoms with E-state index in [1.54, 1.807) is 6.92 Å². The number of hydrogen-bond donors (Lipinski definition) is 1. The molecule has 6 heteroatoms. The molecule has 1 rings (SSSR count). The van der Waals surface area contributed by atoms with Crippen LogP contribution in [0.5, 0.6) is 0 Å². The molecule has 0 fully saturated rings. The Morgan fingerprint density at radius 2 is 2.12 bits per heavy atom. The zero-order valence-corrected chi connectivity index (χ0v) is 9.88. The first-order chi connectivity index (χ1) is 7.45. The van der Waals surface area contributed by atoms with E-state index < -0.39 is 5.97 Å². The molecular weight excluding hydrogens is 232 g/mol. The minimum Gasteiger partial charge on any atom is -0.464 e.